The van der Waals surface area contributed by atoms with Crippen molar-refractivity contribution in [2.45, 2.75) is 31.0 Å². The minimum absolute atomic E-state index is 0.0422. The number of hydrogen-bond donors (Lipinski definition) is 3. The Morgan fingerprint density at radius 1 is 1.27 bits per heavy atom. The fourth-order valence-electron chi connectivity index (χ4n) is 4.82. The van der Waals surface area contributed by atoms with E-state index in [2.05, 4.69) is 32.8 Å². The van der Waals surface area contributed by atoms with Crippen LogP contribution in [0, 0.1) is 0 Å². The van der Waals surface area contributed by atoms with E-state index in [1.54, 1.807) is 13.1 Å². The quantitative estimate of drug-likeness (QED) is 0.258. The molecule has 0 atom stereocenters. The summed E-state index contributed by atoms with van der Waals surface area (Å²) in [7, 11) is 1.68. The van der Waals surface area contributed by atoms with E-state index in [9.17, 15) is 22.8 Å². The van der Waals surface area contributed by atoms with Gasteiger partial charge < -0.3 is 25.4 Å². The van der Waals surface area contributed by atoms with Gasteiger partial charge in [0.05, 0.1) is 41.7 Å². The molecule has 2 amide bonds. The second-order valence-corrected chi connectivity index (χ2v) is 9.78. The molecule has 10 nitrogen and oxygen atoms in total. The number of benzene rings is 1. The Bertz CT molecular complexity index is 1260. The molecule has 1 fully saturated rings. The standard InChI is InChI=1S/C26H30ClF3N6O4/c1-31-20-15-40-25(7-9-33-10-8-25)22(20)24(38)36(35-23(32-2)16-5-11-39-12-6-16)14-21(37)34-19-4-3-17(13-18(19)27)26(28,29)30/h3-5,13,31,33H,2,6-12,14-15H2,1H3,(H,34,37)/b35-23-. The van der Waals surface area contributed by atoms with Gasteiger partial charge in [0.15, 0.2) is 5.84 Å². The number of amides is 2. The largest absolute Gasteiger partial charge is 0.416 e. The number of piperidine rings is 1. The highest BCUT2D eigenvalue weighted by Gasteiger charge is 2.48. The van der Waals surface area contributed by atoms with Gasteiger partial charge in [-0.1, -0.05) is 17.7 Å². The van der Waals surface area contributed by atoms with Crippen molar-refractivity contribution < 1.29 is 32.2 Å². The van der Waals surface area contributed by atoms with Gasteiger partial charge in [-0.25, -0.2) is 10.0 Å². The normalized spacial score (nSPS) is 19.3. The van der Waals surface area contributed by atoms with Crippen LogP contribution in [0.5, 0.6) is 0 Å². The zero-order valence-corrected chi connectivity index (χ0v) is 22.6. The third-order valence-corrected chi connectivity index (χ3v) is 7.20. The predicted molar refractivity (Wildman–Crippen MR) is 144 cm³/mol. The average molecular weight is 583 g/mol. The van der Waals surface area contributed by atoms with Crippen molar-refractivity contribution in [1.29, 1.82) is 0 Å². The first-order valence-corrected chi connectivity index (χ1v) is 13.0. The van der Waals surface area contributed by atoms with Gasteiger partial charge in [-0.2, -0.15) is 13.2 Å². The smallest absolute Gasteiger partial charge is 0.389 e. The van der Waals surface area contributed by atoms with Crippen LogP contribution in [0.3, 0.4) is 0 Å². The fourth-order valence-corrected chi connectivity index (χ4v) is 5.05. The van der Waals surface area contributed by atoms with Gasteiger partial charge in [0, 0.05) is 12.7 Å². The number of ether oxygens (including phenoxy) is 2. The number of rotatable bonds is 7. The van der Waals surface area contributed by atoms with Crippen LogP contribution < -0.4 is 16.0 Å². The number of hydrazone groups is 1. The molecule has 4 rings (SSSR count). The van der Waals surface area contributed by atoms with E-state index in [1.807, 2.05) is 0 Å². The third kappa shape index (κ3) is 6.54. The van der Waals surface area contributed by atoms with Crippen LogP contribution in [0.4, 0.5) is 18.9 Å². The zero-order chi connectivity index (χ0) is 28.9. The lowest BCUT2D eigenvalue weighted by atomic mass is 9.84. The van der Waals surface area contributed by atoms with Crippen molar-refractivity contribution in [2.24, 2.45) is 10.1 Å². The summed E-state index contributed by atoms with van der Waals surface area (Å²) in [5.41, 5.74) is -0.210. The second-order valence-electron chi connectivity index (χ2n) is 9.38. The van der Waals surface area contributed by atoms with E-state index in [0.717, 1.165) is 23.2 Å². The van der Waals surface area contributed by atoms with Gasteiger partial charge in [-0.05, 0) is 62.8 Å². The lowest BCUT2D eigenvalue weighted by Gasteiger charge is -2.36. The topological polar surface area (TPSA) is 117 Å². The molecule has 0 aromatic heterocycles. The number of amidine groups is 1. The molecule has 216 valence electrons. The highest BCUT2D eigenvalue weighted by molar-refractivity contribution is 6.33. The van der Waals surface area contributed by atoms with Gasteiger partial charge in [0.2, 0.25) is 5.91 Å². The third-order valence-electron chi connectivity index (χ3n) is 6.89. The minimum Gasteiger partial charge on any atom is -0.389 e. The van der Waals surface area contributed by atoms with E-state index < -0.39 is 35.7 Å². The first-order chi connectivity index (χ1) is 19.1. The molecule has 3 heterocycles. The molecule has 40 heavy (non-hydrogen) atoms. The van der Waals surface area contributed by atoms with Crippen molar-refractivity contribution >= 4 is 41.7 Å². The van der Waals surface area contributed by atoms with Crippen LogP contribution in [0.2, 0.25) is 5.02 Å². The van der Waals surface area contributed by atoms with Gasteiger partial charge >= 0.3 is 6.18 Å². The van der Waals surface area contributed by atoms with E-state index >= 15 is 0 Å². The molecule has 0 radical (unpaired) electrons. The highest BCUT2D eigenvalue weighted by Crippen LogP contribution is 2.39. The maximum atomic E-state index is 14.1. The number of carbonyl (C=O) groups is 2. The Hall–Kier alpha value is -3.26. The molecule has 3 aliphatic rings. The van der Waals surface area contributed by atoms with Crippen molar-refractivity contribution in [3.05, 3.63) is 51.7 Å². The maximum Gasteiger partial charge on any atom is 0.416 e. The highest BCUT2D eigenvalue weighted by atomic mass is 35.5. The average Bonchev–Trinajstić information content (AvgIpc) is 3.29. The molecular formula is C26H30ClF3N6O4. The number of nitrogens with one attached hydrogen (secondary N) is 3. The second kappa shape index (κ2) is 12.5. The number of aliphatic imine (C=N–C) groups is 1. The lowest BCUT2D eigenvalue weighted by Crippen LogP contribution is -2.48. The van der Waals surface area contributed by atoms with Crippen LogP contribution in [0.15, 0.2) is 51.2 Å². The van der Waals surface area contributed by atoms with Gasteiger partial charge in [-0.15, -0.1) is 5.10 Å². The molecule has 0 aliphatic carbocycles. The summed E-state index contributed by atoms with van der Waals surface area (Å²) in [6.45, 7) is 5.23. The summed E-state index contributed by atoms with van der Waals surface area (Å²) >= 11 is 6.02. The Balaban J connectivity index is 1.66. The Kier molecular flexibility index (Phi) is 9.29. The molecule has 3 aliphatic heterocycles. The van der Waals surface area contributed by atoms with Crippen molar-refractivity contribution in [3.63, 3.8) is 0 Å². The van der Waals surface area contributed by atoms with Crippen molar-refractivity contribution in [2.75, 3.05) is 51.8 Å². The van der Waals surface area contributed by atoms with Crippen LogP contribution in [-0.4, -0.2) is 81.5 Å². The lowest BCUT2D eigenvalue weighted by molar-refractivity contribution is -0.137. The monoisotopic (exact) mass is 582 g/mol. The molecule has 1 aromatic rings. The van der Waals surface area contributed by atoms with E-state index in [0.29, 0.717) is 62.4 Å². The molecule has 1 aromatic carbocycles. The molecular weight excluding hydrogens is 553 g/mol. The number of anilines is 1. The first-order valence-electron chi connectivity index (χ1n) is 12.6. The Morgan fingerprint density at radius 3 is 2.62 bits per heavy atom. The number of carbonyl (C=O) groups excluding carboxylic acids is 2. The van der Waals surface area contributed by atoms with Crippen LogP contribution in [0.1, 0.15) is 24.8 Å². The summed E-state index contributed by atoms with van der Waals surface area (Å²) in [4.78, 5) is 31.2. The van der Waals surface area contributed by atoms with Gasteiger partial charge in [0.1, 0.15) is 12.1 Å². The number of hydrogen-bond acceptors (Lipinski definition) is 7. The predicted octanol–water partition coefficient (Wildman–Crippen LogP) is 3.11. The number of nitrogens with zero attached hydrogens (tertiary/aromatic N) is 3. The number of halogens is 4. The molecule has 0 saturated carbocycles. The first kappa shape index (κ1) is 29.7. The molecule has 1 saturated heterocycles. The van der Waals surface area contributed by atoms with Crippen molar-refractivity contribution in [1.82, 2.24) is 15.6 Å². The van der Waals surface area contributed by atoms with Crippen LogP contribution in [-0.2, 0) is 25.2 Å². The SMILES string of the molecule is C=N/C(=N\N(CC(=O)Nc1ccc(C(F)(F)F)cc1Cl)C(=O)C1=C(NC)COC12CCNCC2)C1=CCOCC1. The van der Waals surface area contributed by atoms with E-state index in [1.165, 1.54) is 0 Å². The molecule has 14 heteroatoms. The summed E-state index contributed by atoms with van der Waals surface area (Å²) < 4.78 is 50.6. The fraction of sp³-hybridized carbons (Fsp3) is 0.462. The number of alkyl halides is 3. The summed E-state index contributed by atoms with van der Waals surface area (Å²) in [6, 6.07) is 2.58. The Labute approximate surface area is 234 Å². The maximum absolute atomic E-state index is 14.1. The van der Waals surface area contributed by atoms with Crippen molar-refractivity contribution in [3.8, 4) is 0 Å². The van der Waals surface area contributed by atoms with E-state index in [4.69, 9.17) is 21.1 Å². The summed E-state index contributed by atoms with van der Waals surface area (Å²) in [5, 5.41) is 13.9. The van der Waals surface area contributed by atoms with E-state index in [-0.39, 0.29) is 23.2 Å². The number of likely N-dealkylation sites (N-methyl/N-ethyl adjacent to an activating group) is 1. The molecule has 0 bridgehead atoms. The van der Waals surface area contributed by atoms with Crippen LogP contribution in [0.25, 0.3) is 0 Å². The Morgan fingerprint density at radius 2 is 2.02 bits per heavy atom. The molecule has 3 N–H and O–H groups in total. The minimum atomic E-state index is -4.59. The summed E-state index contributed by atoms with van der Waals surface area (Å²) in [5.74, 6) is -1.14. The van der Waals surface area contributed by atoms with Gasteiger partial charge in [-0.3, -0.25) is 9.59 Å². The summed E-state index contributed by atoms with van der Waals surface area (Å²) in [6.07, 6.45) is -1.26. The molecule has 1 spiro atoms. The van der Waals surface area contributed by atoms with Crippen LogP contribution >= 0.6 is 11.6 Å². The molecule has 0 unspecified atom stereocenters. The van der Waals surface area contributed by atoms with Gasteiger partial charge in [0.25, 0.3) is 5.91 Å². The zero-order valence-electron chi connectivity index (χ0n) is 21.9.